The number of ether oxygens (including phenoxy) is 1. The molecule has 0 atom stereocenters. The maximum atomic E-state index is 9.48. The van der Waals surface area contributed by atoms with Crippen molar-refractivity contribution in [3.8, 4) is 17.2 Å². The second kappa shape index (κ2) is 4.59. The molecule has 0 radical (unpaired) electrons. The molecule has 0 unspecified atom stereocenters. The quantitative estimate of drug-likeness (QED) is 0.786. The first-order valence-electron chi connectivity index (χ1n) is 5.70. The summed E-state index contributed by atoms with van der Waals surface area (Å²) in [5.74, 6) is 0.959. The molecule has 0 aliphatic carbocycles. The normalized spacial score (nSPS) is 10.8. The van der Waals surface area contributed by atoms with Gasteiger partial charge in [-0.05, 0) is 36.4 Å². The number of fused-ring (bicyclic) bond motifs is 1. The molecular formula is C14H11BrN2O2. The molecule has 0 saturated heterocycles. The molecule has 0 amide bonds. The van der Waals surface area contributed by atoms with E-state index in [1.807, 2.05) is 24.4 Å². The highest BCUT2D eigenvalue weighted by Crippen LogP contribution is 2.28. The number of hydrogen-bond acceptors (Lipinski definition) is 3. The predicted octanol–water partition coefficient (Wildman–Crippen LogP) is 3.50. The molecule has 1 heterocycles. The van der Waals surface area contributed by atoms with Crippen LogP contribution in [-0.4, -0.2) is 22.0 Å². The fourth-order valence-electron chi connectivity index (χ4n) is 1.98. The fraction of sp³-hybridized carbons (Fsp3) is 0.0714. The third-order valence-corrected chi connectivity index (χ3v) is 3.37. The van der Waals surface area contributed by atoms with E-state index >= 15 is 0 Å². The van der Waals surface area contributed by atoms with Gasteiger partial charge in [0.15, 0.2) is 0 Å². The lowest BCUT2D eigenvalue weighted by molar-refractivity contribution is 0.411. The minimum Gasteiger partial charge on any atom is -0.508 e. The molecule has 0 aliphatic heterocycles. The van der Waals surface area contributed by atoms with Crippen LogP contribution in [0.5, 0.6) is 11.5 Å². The van der Waals surface area contributed by atoms with Gasteiger partial charge in [0.25, 0.3) is 0 Å². The first-order chi connectivity index (χ1) is 9.17. The zero-order valence-corrected chi connectivity index (χ0v) is 11.8. The fourth-order valence-corrected chi connectivity index (χ4v) is 2.32. The largest absolute Gasteiger partial charge is 0.508 e. The van der Waals surface area contributed by atoms with Crippen LogP contribution < -0.4 is 4.74 Å². The Hall–Kier alpha value is -2.01. The summed E-state index contributed by atoms with van der Waals surface area (Å²) in [7, 11) is 1.63. The zero-order chi connectivity index (χ0) is 13.4. The van der Waals surface area contributed by atoms with Crippen LogP contribution in [0.25, 0.3) is 16.6 Å². The van der Waals surface area contributed by atoms with Crippen molar-refractivity contribution < 1.29 is 9.84 Å². The summed E-state index contributed by atoms with van der Waals surface area (Å²) in [6, 6.07) is 10.8. The van der Waals surface area contributed by atoms with E-state index in [1.165, 1.54) is 0 Å². The van der Waals surface area contributed by atoms with Crippen molar-refractivity contribution in [2.24, 2.45) is 0 Å². The van der Waals surface area contributed by atoms with Crippen LogP contribution in [0.2, 0.25) is 0 Å². The highest BCUT2D eigenvalue weighted by molar-refractivity contribution is 9.10. The highest BCUT2D eigenvalue weighted by atomic mass is 79.9. The Morgan fingerprint density at radius 1 is 1.21 bits per heavy atom. The first-order valence-corrected chi connectivity index (χ1v) is 6.49. The summed E-state index contributed by atoms with van der Waals surface area (Å²) in [6.07, 6.45) is 1.86. The number of aromatic hydroxyl groups is 1. The SMILES string of the molecule is COc1cc(Br)ccc1-n1cc2cc(O)ccc2n1. The lowest BCUT2D eigenvalue weighted by Gasteiger charge is -2.08. The Bertz CT molecular complexity index is 752. The van der Waals surface area contributed by atoms with Gasteiger partial charge in [0.2, 0.25) is 0 Å². The Balaban J connectivity index is 2.18. The van der Waals surface area contributed by atoms with E-state index in [2.05, 4.69) is 21.0 Å². The number of hydrogen-bond donors (Lipinski definition) is 1. The maximum Gasteiger partial charge on any atom is 0.145 e. The van der Waals surface area contributed by atoms with Crippen LogP contribution >= 0.6 is 15.9 Å². The molecule has 3 rings (SSSR count). The Kier molecular flexibility index (Phi) is 2.91. The van der Waals surface area contributed by atoms with Crippen molar-refractivity contribution in [2.75, 3.05) is 7.11 Å². The molecule has 0 spiro atoms. The van der Waals surface area contributed by atoms with Gasteiger partial charge in [-0.3, -0.25) is 0 Å². The zero-order valence-electron chi connectivity index (χ0n) is 10.2. The van der Waals surface area contributed by atoms with Gasteiger partial charge >= 0.3 is 0 Å². The molecule has 5 heteroatoms. The average molecular weight is 319 g/mol. The lowest BCUT2D eigenvalue weighted by atomic mass is 10.2. The number of halogens is 1. The monoisotopic (exact) mass is 318 g/mol. The van der Waals surface area contributed by atoms with Crippen LogP contribution in [0, 0.1) is 0 Å². The standard InChI is InChI=1S/C14H11BrN2O2/c1-19-14-7-10(15)2-5-13(14)17-8-9-6-11(18)3-4-12(9)16-17/h2-8,18H,1H3. The third-order valence-electron chi connectivity index (χ3n) is 2.88. The minimum atomic E-state index is 0.231. The topological polar surface area (TPSA) is 47.3 Å². The number of phenols is 1. The van der Waals surface area contributed by atoms with Crippen molar-refractivity contribution >= 4 is 26.8 Å². The third kappa shape index (κ3) is 2.17. The van der Waals surface area contributed by atoms with E-state index in [0.717, 1.165) is 26.8 Å². The Morgan fingerprint density at radius 3 is 2.84 bits per heavy atom. The van der Waals surface area contributed by atoms with E-state index in [-0.39, 0.29) is 5.75 Å². The van der Waals surface area contributed by atoms with Crippen molar-refractivity contribution in [2.45, 2.75) is 0 Å². The number of methoxy groups -OCH3 is 1. The van der Waals surface area contributed by atoms with Crippen molar-refractivity contribution in [1.29, 1.82) is 0 Å². The molecule has 19 heavy (non-hydrogen) atoms. The molecule has 3 aromatic rings. The van der Waals surface area contributed by atoms with Crippen molar-refractivity contribution in [3.63, 3.8) is 0 Å². The molecule has 0 saturated carbocycles. The van der Waals surface area contributed by atoms with Crippen LogP contribution in [0.3, 0.4) is 0 Å². The van der Waals surface area contributed by atoms with Gasteiger partial charge in [-0.25, -0.2) is 4.68 Å². The summed E-state index contributed by atoms with van der Waals surface area (Å²) in [5, 5.41) is 14.8. The van der Waals surface area contributed by atoms with Gasteiger partial charge in [-0.1, -0.05) is 15.9 Å². The summed E-state index contributed by atoms with van der Waals surface area (Å²) in [6.45, 7) is 0. The molecular weight excluding hydrogens is 308 g/mol. The van der Waals surface area contributed by atoms with Gasteiger partial charge in [0.1, 0.15) is 17.2 Å². The predicted molar refractivity (Wildman–Crippen MR) is 77.0 cm³/mol. The van der Waals surface area contributed by atoms with Crippen LogP contribution in [0.4, 0.5) is 0 Å². The molecule has 1 N–H and O–H groups in total. The van der Waals surface area contributed by atoms with Gasteiger partial charge < -0.3 is 9.84 Å². The number of benzene rings is 2. The summed E-state index contributed by atoms with van der Waals surface area (Å²) >= 11 is 3.41. The summed E-state index contributed by atoms with van der Waals surface area (Å²) in [5.41, 5.74) is 1.67. The molecule has 1 aromatic heterocycles. The molecule has 4 nitrogen and oxygen atoms in total. The van der Waals surface area contributed by atoms with Gasteiger partial charge in [0, 0.05) is 16.1 Å². The van der Waals surface area contributed by atoms with Gasteiger partial charge in [-0.2, -0.15) is 5.10 Å². The van der Waals surface area contributed by atoms with Crippen LogP contribution in [0.15, 0.2) is 47.1 Å². The van der Waals surface area contributed by atoms with E-state index in [4.69, 9.17) is 4.74 Å². The number of aromatic nitrogens is 2. The second-order valence-corrected chi connectivity index (χ2v) is 5.05. The number of rotatable bonds is 2. The maximum absolute atomic E-state index is 9.48. The Morgan fingerprint density at radius 2 is 2.05 bits per heavy atom. The van der Waals surface area contributed by atoms with E-state index in [9.17, 15) is 5.11 Å². The van der Waals surface area contributed by atoms with Crippen LogP contribution in [0.1, 0.15) is 0 Å². The lowest BCUT2D eigenvalue weighted by Crippen LogP contribution is -1.98. The first kappa shape index (κ1) is 12.0. The molecule has 0 aliphatic rings. The highest BCUT2D eigenvalue weighted by Gasteiger charge is 2.09. The number of nitrogens with zero attached hydrogens (tertiary/aromatic N) is 2. The van der Waals surface area contributed by atoms with Crippen molar-refractivity contribution in [3.05, 3.63) is 47.1 Å². The average Bonchev–Trinajstić information content (AvgIpc) is 2.81. The van der Waals surface area contributed by atoms with E-state index in [1.54, 1.807) is 30.0 Å². The minimum absolute atomic E-state index is 0.231. The van der Waals surface area contributed by atoms with E-state index in [0.29, 0.717) is 0 Å². The van der Waals surface area contributed by atoms with Crippen LogP contribution in [-0.2, 0) is 0 Å². The molecule has 96 valence electrons. The summed E-state index contributed by atoms with van der Waals surface area (Å²) in [4.78, 5) is 0. The summed E-state index contributed by atoms with van der Waals surface area (Å²) < 4.78 is 8.05. The molecule has 0 bridgehead atoms. The van der Waals surface area contributed by atoms with E-state index < -0.39 is 0 Å². The smallest absolute Gasteiger partial charge is 0.145 e. The number of phenolic OH excluding ortho intramolecular Hbond substituents is 1. The molecule has 2 aromatic carbocycles. The van der Waals surface area contributed by atoms with Gasteiger partial charge in [0.05, 0.1) is 12.6 Å². The molecule has 0 fully saturated rings. The second-order valence-electron chi connectivity index (χ2n) is 4.13. The Labute approximate surface area is 118 Å². The van der Waals surface area contributed by atoms with Gasteiger partial charge in [-0.15, -0.1) is 0 Å². The van der Waals surface area contributed by atoms with Crippen molar-refractivity contribution in [1.82, 2.24) is 9.78 Å².